The van der Waals surface area contributed by atoms with Crippen molar-refractivity contribution in [3.63, 3.8) is 0 Å². The minimum absolute atomic E-state index is 0.00674. The Morgan fingerprint density at radius 2 is 1.90 bits per heavy atom. The van der Waals surface area contributed by atoms with Crippen LogP contribution in [0.2, 0.25) is 0 Å². The summed E-state index contributed by atoms with van der Waals surface area (Å²) in [6, 6.07) is 12.5. The molecule has 1 saturated heterocycles. The lowest BCUT2D eigenvalue weighted by atomic mass is 9.76. The standard InChI is InChI=1S/C20H18N4O5/c25-17(21-15-9-3-4-10-16(15)24(28)29)12-23-18(26)20(22-19(23)27)11-5-7-13-6-1-2-8-14(13)20/h1-4,6,8-10H,5,7,11-12H2,(H,21,25)(H,22,27). The van der Waals surface area contributed by atoms with E-state index in [1.807, 2.05) is 24.3 Å². The molecule has 1 fully saturated rings. The number of nitrogens with one attached hydrogen (secondary N) is 2. The van der Waals surface area contributed by atoms with Gasteiger partial charge >= 0.3 is 6.03 Å². The van der Waals surface area contributed by atoms with Gasteiger partial charge in [0, 0.05) is 6.07 Å². The molecule has 1 atom stereocenters. The first-order valence-corrected chi connectivity index (χ1v) is 9.18. The van der Waals surface area contributed by atoms with Gasteiger partial charge in [0.1, 0.15) is 17.8 Å². The van der Waals surface area contributed by atoms with E-state index >= 15 is 0 Å². The highest BCUT2D eigenvalue weighted by atomic mass is 16.6. The fourth-order valence-corrected chi connectivity index (χ4v) is 4.03. The van der Waals surface area contributed by atoms with E-state index in [2.05, 4.69) is 10.6 Å². The second-order valence-electron chi connectivity index (χ2n) is 7.06. The van der Waals surface area contributed by atoms with Crippen molar-refractivity contribution in [2.45, 2.75) is 24.8 Å². The molecule has 4 rings (SSSR count). The average Bonchev–Trinajstić information content (AvgIpc) is 2.93. The van der Waals surface area contributed by atoms with Crippen molar-refractivity contribution < 1.29 is 19.3 Å². The van der Waals surface area contributed by atoms with Crippen LogP contribution >= 0.6 is 0 Å². The number of para-hydroxylation sites is 2. The Kier molecular flexibility index (Phi) is 4.50. The van der Waals surface area contributed by atoms with Gasteiger partial charge in [-0.2, -0.15) is 0 Å². The van der Waals surface area contributed by atoms with Gasteiger partial charge in [0.25, 0.3) is 11.6 Å². The van der Waals surface area contributed by atoms with E-state index in [4.69, 9.17) is 0 Å². The SMILES string of the molecule is O=C(CN1C(=O)NC2(CCCc3ccccc32)C1=O)Nc1ccccc1[N+](=O)[O-]. The molecule has 29 heavy (non-hydrogen) atoms. The van der Waals surface area contributed by atoms with Crippen LogP contribution in [0.4, 0.5) is 16.2 Å². The number of carbonyl (C=O) groups excluding carboxylic acids is 3. The fraction of sp³-hybridized carbons (Fsp3) is 0.250. The summed E-state index contributed by atoms with van der Waals surface area (Å²) in [4.78, 5) is 49.5. The molecule has 1 spiro atoms. The normalized spacial score (nSPS) is 20.3. The smallest absolute Gasteiger partial charge is 0.319 e. The topological polar surface area (TPSA) is 122 Å². The molecular weight excluding hydrogens is 376 g/mol. The molecule has 148 valence electrons. The van der Waals surface area contributed by atoms with Crippen molar-refractivity contribution in [1.29, 1.82) is 0 Å². The van der Waals surface area contributed by atoms with Crippen LogP contribution in [0.15, 0.2) is 48.5 Å². The van der Waals surface area contributed by atoms with Crippen LogP contribution in [-0.2, 0) is 21.5 Å². The number of nitro groups is 1. The number of imide groups is 1. The van der Waals surface area contributed by atoms with E-state index in [-0.39, 0.29) is 11.4 Å². The third-order valence-electron chi connectivity index (χ3n) is 5.33. The first-order valence-electron chi connectivity index (χ1n) is 9.18. The molecular formula is C20H18N4O5. The third kappa shape index (κ3) is 3.10. The monoisotopic (exact) mass is 394 g/mol. The van der Waals surface area contributed by atoms with Crippen molar-refractivity contribution >= 4 is 29.2 Å². The van der Waals surface area contributed by atoms with Gasteiger partial charge in [-0.15, -0.1) is 0 Å². The Balaban J connectivity index is 1.56. The molecule has 9 heteroatoms. The van der Waals surface area contributed by atoms with Gasteiger partial charge < -0.3 is 10.6 Å². The molecule has 0 radical (unpaired) electrons. The number of benzene rings is 2. The number of amides is 4. The van der Waals surface area contributed by atoms with Crippen molar-refractivity contribution in [3.8, 4) is 0 Å². The van der Waals surface area contributed by atoms with E-state index in [1.165, 1.54) is 18.2 Å². The summed E-state index contributed by atoms with van der Waals surface area (Å²) in [5.74, 6) is -1.17. The van der Waals surface area contributed by atoms with Crippen LogP contribution in [0, 0.1) is 10.1 Å². The molecule has 2 aromatic rings. The van der Waals surface area contributed by atoms with Crippen LogP contribution in [-0.4, -0.2) is 34.2 Å². The number of hydrogen-bond acceptors (Lipinski definition) is 5. The zero-order valence-electron chi connectivity index (χ0n) is 15.4. The Morgan fingerprint density at radius 3 is 2.69 bits per heavy atom. The Labute approximate surface area is 165 Å². The maximum Gasteiger partial charge on any atom is 0.325 e. The number of aryl methyl sites for hydroxylation is 1. The first kappa shape index (κ1) is 18.6. The Hall–Kier alpha value is -3.75. The maximum absolute atomic E-state index is 13.2. The van der Waals surface area contributed by atoms with E-state index in [1.54, 1.807) is 6.07 Å². The molecule has 1 aliphatic heterocycles. The lowest BCUT2D eigenvalue weighted by molar-refractivity contribution is -0.383. The van der Waals surface area contributed by atoms with Gasteiger partial charge in [-0.05, 0) is 36.5 Å². The van der Waals surface area contributed by atoms with Crippen molar-refractivity contribution in [3.05, 3.63) is 69.8 Å². The molecule has 0 bridgehead atoms. The molecule has 2 aliphatic rings. The molecule has 9 nitrogen and oxygen atoms in total. The predicted octanol–water partition coefficient (Wildman–Crippen LogP) is 2.32. The summed E-state index contributed by atoms with van der Waals surface area (Å²) in [7, 11) is 0. The van der Waals surface area contributed by atoms with E-state index in [0.717, 1.165) is 28.9 Å². The minimum Gasteiger partial charge on any atom is -0.319 e. The number of rotatable bonds is 4. The van der Waals surface area contributed by atoms with E-state index in [9.17, 15) is 24.5 Å². The molecule has 2 aromatic carbocycles. The highest BCUT2D eigenvalue weighted by Gasteiger charge is 2.54. The molecule has 2 N–H and O–H groups in total. The van der Waals surface area contributed by atoms with Crippen LogP contribution in [0.3, 0.4) is 0 Å². The van der Waals surface area contributed by atoms with Crippen LogP contribution < -0.4 is 10.6 Å². The minimum atomic E-state index is -1.16. The zero-order valence-corrected chi connectivity index (χ0v) is 15.4. The molecule has 0 saturated carbocycles. The number of nitrogens with zero attached hydrogens (tertiary/aromatic N) is 2. The summed E-state index contributed by atoms with van der Waals surface area (Å²) in [6.07, 6.45) is 2.01. The summed E-state index contributed by atoms with van der Waals surface area (Å²) >= 11 is 0. The van der Waals surface area contributed by atoms with Crippen molar-refractivity contribution in [2.75, 3.05) is 11.9 Å². The van der Waals surface area contributed by atoms with Gasteiger partial charge in [0.05, 0.1) is 4.92 Å². The summed E-state index contributed by atoms with van der Waals surface area (Å²) in [6.45, 7) is -0.527. The van der Waals surface area contributed by atoms with Crippen molar-refractivity contribution in [2.24, 2.45) is 0 Å². The van der Waals surface area contributed by atoms with Crippen LogP contribution in [0.1, 0.15) is 24.0 Å². The molecule has 1 aliphatic carbocycles. The lowest BCUT2D eigenvalue weighted by Crippen LogP contribution is -2.47. The van der Waals surface area contributed by atoms with E-state index in [0.29, 0.717) is 6.42 Å². The Bertz CT molecular complexity index is 1040. The second-order valence-corrected chi connectivity index (χ2v) is 7.06. The summed E-state index contributed by atoms with van der Waals surface area (Å²) in [5.41, 5.74) is 0.332. The number of nitro benzene ring substituents is 1. The van der Waals surface area contributed by atoms with Gasteiger partial charge in [-0.1, -0.05) is 36.4 Å². The number of anilines is 1. The predicted molar refractivity (Wildman–Crippen MR) is 103 cm³/mol. The number of urea groups is 1. The summed E-state index contributed by atoms with van der Waals surface area (Å²) < 4.78 is 0. The van der Waals surface area contributed by atoms with Gasteiger partial charge in [0.2, 0.25) is 5.91 Å². The quantitative estimate of drug-likeness (QED) is 0.468. The average molecular weight is 394 g/mol. The highest BCUT2D eigenvalue weighted by molar-refractivity contribution is 6.10. The summed E-state index contributed by atoms with van der Waals surface area (Å²) in [5, 5.41) is 16.3. The molecule has 1 unspecified atom stereocenters. The molecule has 0 aromatic heterocycles. The first-order chi connectivity index (χ1) is 13.9. The maximum atomic E-state index is 13.2. The number of fused-ring (bicyclic) bond motifs is 2. The molecule has 1 heterocycles. The number of carbonyl (C=O) groups is 3. The highest BCUT2D eigenvalue weighted by Crippen LogP contribution is 2.39. The second kappa shape index (κ2) is 7.01. The fourth-order valence-electron chi connectivity index (χ4n) is 4.03. The van der Waals surface area contributed by atoms with Crippen LogP contribution in [0.25, 0.3) is 0 Å². The van der Waals surface area contributed by atoms with Crippen LogP contribution in [0.5, 0.6) is 0 Å². The largest absolute Gasteiger partial charge is 0.325 e. The lowest BCUT2D eigenvalue weighted by Gasteiger charge is -2.33. The zero-order chi connectivity index (χ0) is 20.6. The van der Waals surface area contributed by atoms with Gasteiger partial charge in [0.15, 0.2) is 0 Å². The third-order valence-corrected chi connectivity index (χ3v) is 5.33. The Morgan fingerprint density at radius 1 is 1.17 bits per heavy atom. The van der Waals surface area contributed by atoms with Gasteiger partial charge in [-0.25, -0.2) is 4.79 Å². The van der Waals surface area contributed by atoms with E-state index < -0.39 is 34.9 Å². The van der Waals surface area contributed by atoms with Gasteiger partial charge in [-0.3, -0.25) is 24.6 Å². The number of hydrogen-bond donors (Lipinski definition) is 2. The van der Waals surface area contributed by atoms with Crippen molar-refractivity contribution in [1.82, 2.24) is 10.2 Å². The molecule has 4 amide bonds.